The van der Waals surface area contributed by atoms with E-state index in [2.05, 4.69) is 15.9 Å². The van der Waals surface area contributed by atoms with Gasteiger partial charge in [-0.3, -0.25) is 9.59 Å². The summed E-state index contributed by atoms with van der Waals surface area (Å²) in [5, 5.41) is 0. The highest BCUT2D eigenvalue weighted by molar-refractivity contribution is 9.10. The van der Waals surface area contributed by atoms with Crippen molar-refractivity contribution in [2.45, 2.75) is 18.9 Å². The van der Waals surface area contributed by atoms with Crippen LogP contribution in [0.5, 0.6) is 0 Å². The monoisotopic (exact) mass is 379 g/mol. The molecule has 21 heavy (non-hydrogen) atoms. The number of carbonyl (C=O) groups excluding carboxylic acids is 2. The van der Waals surface area contributed by atoms with Crippen LogP contribution >= 0.6 is 28.3 Å². The Morgan fingerprint density at radius 1 is 1.43 bits per heavy atom. The fourth-order valence-electron chi connectivity index (χ4n) is 2.14. The lowest BCUT2D eigenvalue weighted by molar-refractivity contribution is -0.132. The minimum atomic E-state index is -0.308. The van der Waals surface area contributed by atoms with E-state index in [0.29, 0.717) is 17.8 Å². The van der Waals surface area contributed by atoms with Gasteiger partial charge in [-0.2, -0.15) is 0 Å². The van der Waals surface area contributed by atoms with Gasteiger partial charge in [0, 0.05) is 26.2 Å². The number of nitrogens with zero attached hydrogens (tertiary/aromatic N) is 2. The maximum absolute atomic E-state index is 12.1. The van der Waals surface area contributed by atoms with E-state index in [1.54, 1.807) is 24.1 Å². The standard InChI is InChI=1S/C13H18BrN3O3.ClH/c1-16(13(19)10-2-3-11(14)20-10)8-12(18)17-6-4-9(15)5-7-17;/h2-3,9H,4-8,15H2,1H3;1H. The molecule has 0 unspecified atom stereocenters. The average molecular weight is 381 g/mol. The van der Waals surface area contributed by atoms with Crippen molar-refractivity contribution in [2.24, 2.45) is 5.73 Å². The lowest BCUT2D eigenvalue weighted by atomic mass is 10.1. The number of likely N-dealkylation sites (tertiary alicyclic amines) is 1. The van der Waals surface area contributed by atoms with E-state index in [0.717, 1.165) is 12.8 Å². The molecule has 6 nitrogen and oxygen atoms in total. The quantitative estimate of drug-likeness (QED) is 0.861. The zero-order valence-corrected chi connectivity index (χ0v) is 14.2. The Labute approximate surface area is 138 Å². The van der Waals surface area contributed by atoms with Crippen molar-refractivity contribution in [3.63, 3.8) is 0 Å². The van der Waals surface area contributed by atoms with Crippen molar-refractivity contribution < 1.29 is 14.0 Å². The molecule has 0 radical (unpaired) electrons. The minimum absolute atomic E-state index is 0. The molecular weight excluding hydrogens is 362 g/mol. The topological polar surface area (TPSA) is 79.8 Å². The van der Waals surface area contributed by atoms with E-state index < -0.39 is 0 Å². The van der Waals surface area contributed by atoms with E-state index in [-0.39, 0.29) is 42.6 Å². The molecule has 8 heteroatoms. The number of likely N-dealkylation sites (N-methyl/N-ethyl adjacent to an activating group) is 1. The molecular formula is C13H19BrClN3O3. The average Bonchev–Trinajstić information content (AvgIpc) is 2.85. The second-order valence-corrected chi connectivity index (χ2v) is 5.76. The molecule has 0 bridgehead atoms. The molecule has 1 aromatic rings. The van der Waals surface area contributed by atoms with Gasteiger partial charge < -0.3 is 20.0 Å². The van der Waals surface area contributed by atoms with Gasteiger partial charge in [-0.25, -0.2) is 0 Å². The number of halogens is 2. The molecule has 2 N–H and O–H groups in total. The SMILES string of the molecule is CN(CC(=O)N1CCC(N)CC1)C(=O)c1ccc(Br)o1.Cl. The summed E-state index contributed by atoms with van der Waals surface area (Å²) in [5.41, 5.74) is 5.81. The number of furan rings is 1. The van der Waals surface area contributed by atoms with E-state index in [1.807, 2.05) is 0 Å². The van der Waals surface area contributed by atoms with Crippen molar-refractivity contribution in [2.75, 3.05) is 26.7 Å². The Balaban J connectivity index is 0.00000220. The largest absolute Gasteiger partial charge is 0.444 e. The van der Waals surface area contributed by atoms with Crippen LogP contribution in [0.4, 0.5) is 0 Å². The van der Waals surface area contributed by atoms with Crippen LogP contribution in [-0.4, -0.2) is 54.3 Å². The fourth-order valence-corrected chi connectivity index (χ4v) is 2.45. The molecule has 1 aliphatic rings. The molecule has 1 fully saturated rings. The Kier molecular flexibility index (Phi) is 6.70. The van der Waals surface area contributed by atoms with Gasteiger partial charge in [-0.15, -0.1) is 12.4 Å². The van der Waals surface area contributed by atoms with E-state index in [1.165, 1.54) is 4.90 Å². The predicted molar refractivity (Wildman–Crippen MR) is 84.4 cm³/mol. The van der Waals surface area contributed by atoms with E-state index in [4.69, 9.17) is 10.2 Å². The first-order valence-electron chi connectivity index (χ1n) is 6.51. The van der Waals surface area contributed by atoms with Gasteiger partial charge in [-0.05, 0) is 40.9 Å². The number of hydrogen-bond donors (Lipinski definition) is 1. The molecule has 0 aromatic carbocycles. The summed E-state index contributed by atoms with van der Waals surface area (Å²) >= 11 is 3.14. The predicted octanol–water partition coefficient (Wildman–Crippen LogP) is 1.49. The zero-order chi connectivity index (χ0) is 14.7. The molecule has 0 aliphatic carbocycles. The maximum atomic E-state index is 12.1. The lowest BCUT2D eigenvalue weighted by Crippen LogP contribution is -2.47. The molecule has 118 valence electrons. The Morgan fingerprint density at radius 2 is 2.05 bits per heavy atom. The summed E-state index contributed by atoms with van der Waals surface area (Å²) in [4.78, 5) is 27.3. The van der Waals surface area contributed by atoms with Gasteiger partial charge in [0.25, 0.3) is 5.91 Å². The number of hydrogen-bond acceptors (Lipinski definition) is 4. The van der Waals surface area contributed by atoms with Crippen LogP contribution < -0.4 is 5.73 Å². The Hall–Kier alpha value is -1.05. The number of amides is 2. The molecule has 1 saturated heterocycles. The first-order valence-corrected chi connectivity index (χ1v) is 7.31. The Bertz CT molecular complexity index is 501. The molecule has 0 spiro atoms. The second-order valence-electron chi connectivity index (χ2n) is 4.98. The van der Waals surface area contributed by atoms with Crippen molar-refractivity contribution >= 4 is 40.2 Å². The van der Waals surface area contributed by atoms with Crippen LogP contribution in [0.2, 0.25) is 0 Å². The highest BCUT2D eigenvalue weighted by Gasteiger charge is 2.24. The third-order valence-corrected chi connectivity index (χ3v) is 3.82. The van der Waals surface area contributed by atoms with Crippen molar-refractivity contribution in [3.05, 3.63) is 22.6 Å². The summed E-state index contributed by atoms with van der Waals surface area (Å²) in [6.07, 6.45) is 1.63. The molecule has 1 aromatic heterocycles. The zero-order valence-electron chi connectivity index (χ0n) is 11.8. The van der Waals surface area contributed by atoms with Crippen LogP contribution in [0, 0.1) is 0 Å². The van der Waals surface area contributed by atoms with Crippen molar-refractivity contribution in [1.82, 2.24) is 9.80 Å². The highest BCUT2D eigenvalue weighted by Crippen LogP contribution is 2.15. The van der Waals surface area contributed by atoms with Crippen LogP contribution in [0.3, 0.4) is 0 Å². The normalized spacial score (nSPS) is 15.5. The third-order valence-electron chi connectivity index (χ3n) is 3.40. The lowest BCUT2D eigenvalue weighted by Gasteiger charge is -2.31. The van der Waals surface area contributed by atoms with E-state index in [9.17, 15) is 9.59 Å². The molecule has 2 heterocycles. The molecule has 0 saturated carbocycles. The second kappa shape index (κ2) is 7.82. The van der Waals surface area contributed by atoms with Crippen LogP contribution in [0.15, 0.2) is 21.2 Å². The van der Waals surface area contributed by atoms with Crippen LogP contribution in [0.25, 0.3) is 0 Å². The van der Waals surface area contributed by atoms with E-state index >= 15 is 0 Å². The molecule has 2 amide bonds. The number of nitrogens with two attached hydrogens (primary N) is 1. The number of rotatable bonds is 3. The van der Waals surface area contributed by atoms with Gasteiger partial charge in [-0.1, -0.05) is 0 Å². The summed E-state index contributed by atoms with van der Waals surface area (Å²) < 4.78 is 5.68. The summed E-state index contributed by atoms with van der Waals surface area (Å²) in [6.45, 7) is 1.37. The van der Waals surface area contributed by atoms with Gasteiger partial charge in [0.1, 0.15) is 0 Å². The van der Waals surface area contributed by atoms with Crippen molar-refractivity contribution in [1.29, 1.82) is 0 Å². The van der Waals surface area contributed by atoms with Crippen molar-refractivity contribution in [3.8, 4) is 0 Å². The van der Waals surface area contributed by atoms with Gasteiger partial charge in [0.05, 0.1) is 6.54 Å². The van der Waals surface area contributed by atoms with Crippen LogP contribution in [0.1, 0.15) is 23.4 Å². The van der Waals surface area contributed by atoms with Crippen LogP contribution in [-0.2, 0) is 4.79 Å². The summed E-state index contributed by atoms with van der Waals surface area (Å²) in [6, 6.07) is 3.40. The van der Waals surface area contributed by atoms with Gasteiger partial charge in [0.2, 0.25) is 5.91 Å². The van der Waals surface area contributed by atoms with Gasteiger partial charge >= 0.3 is 0 Å². The maximum Gasteiger partial charge on any atom is 0.289 e. The number of piperidine rings is 1. The first kappa shape index (κ1) is 18.0. The molecule has 1 aliphatic heterocycles. The third kappa shape index (κ3) is 4.72. The summed E-state index contributed by atoms with van der Waals surface area (Å²) in [5.74, 6) is -0.149. The Morgan fingerprint density at radius 3 is 2.57 bits per heavy atom. The first-order chi connectivity index (χ1) is 9.47. The summed E-state index contributed by atoms with van der Waals surface area (Å²) in [7, 11) is 1.59. The number of carbonyl (C=O) groups is 2. The fraction of sp³-hybridized carbons (Fsp3) is 0.538. The molecule has 2 rings (SSSR count). The highest BCUT2D eigenvalue weighted by atomic mass is 79.9. The van der Waals surface area contributed by atoms with Gasteiger partial charge in [0.15, 0.2) is 10.4 Å². The smallest absolute Gasteiger partial charge is 0.289 e. The molecule has 0 atom stereocenters. The minimum Gasteiger partial charge on any atom is -0.444 e.